The normalized spacial score (nSPS) is 16.5. The molecule has 1 aliphatic heterocycles. The van der Waals surface area contributed by atoms with Crippen LogP contribution in [0.25, 0.3) is 0 Å². The molecule has 1 aromatic carbocycles. The first-order valence-corrected chi connectivity index (χ1v) is 13.2. The predicted octanol–water partition coefficient (Wildman–Crippen LogP) is 2.50. The smallest absolute Gasteiger partial charge is 0.244 e. The minimum absolute atomic E-state index is 0.0729. The number of nitrogens with one attached hydrogen (secondary N) is 1. The summed E-state index contributed by atoms with van der Waals surface area (Å²) in [7, 11) is -7.20. The molecule has 10 heteroatoms. The van der Waals surface area contributed by atoms with Gasteiger partial charge in [0, 0.05) is 32.0 Å². The Labute approximate surface area is 184 Å². The predicted molar refractivity (Wildman–Crippen MR) is 118 cm³/mol. The van der Waals surface area contributed by atoms with E-state index in [4.69, 9.17) is 4.74 Å². The molecule has 0 radical (unpaired) electrons. The summed E-state index contributed by atoms with van der Waals surface area (Å²) in [6.45, 7) is 5.63. The van der Waals surface area contributed by atoms with Gasteiger partial charge in [0.2, 0.25) is 20.0 Å². The van der Waals surface area contributed by atoms with Crippen LogP contribution >= 0.6 is 0 Å². The van der Waals surface area contributed by atoms with E-state index >= 15 is 0 Å². The molecule has 1 fully saturated rings. The van der Waals surface area contributed by atoms with E-state index in [1.807, 2.05) is 13.8 Å². The summed E-state index contributed by atoms with van der Waals surface area (Å²) in [5.74, 6) is 1.09. The Kier molecular flexibility index (Phi) is 7.68. The van der Waals surface area contributed by atoms with Gasteiger partial charge in [-0.25, -0.2) is 21.6 Å². The number of hydrogen-bond acceptors (Lipinski definition) is 6. The molecule has 0 aliphatic carbocycles. The first kappa shape index (κ1) is 23.6. The fourth-order valence-electron chi connectivity index (χ4n) is 3.29. The van der Waals surface area contributed by atoms with Crippen molar-refractivity contribution in [1.82, 2.24) is 14.0 Å². The number of aromatic nitrogens is 1. The Morgan fingerprint density at radius 3 is 2.32 bits per heavy atom. The lowest BCUT2D eigenvalue weighted by Crippen LogP contribution is -2.41. The van der Waals surface area contributed by atoms with E-state index < -0.39 is 20.0 Å². The maximum Gasteiger partial charge on any atom is 0.244 e. The molecule has 1 N–H and O–H groups in total. The van der Waals surface area contributed by atoms with Crippen LogP contribution in [0.2, 0.25) is 0 Å². The zero-order valence-corrected chi connectivity index (χ0v) is 19.4. The maximum absolute atomic E-state index is 12.7. The number of nitrogens with zero attached hydrogens (tertiary/aromatic N) is 2. The zero-order chi connectivity index (χ0) is 22.5. The summed E-state index contributed by atoms with van der Waals surface area (Å²) in [6.07, 6.45) is 4.05. The highest BCUT2D eigenvalue weighted by Gasteiger charge is 2.30. The first-order valence-electron chi connectivity index (χ1n) is 10.3. The second kappa shape index (κ2) is 10.1. The fraction of sp³-hybridized carbons (Fsp3) is 0.476. The lowest BCUT2D eigenvalue weighted by Gasteiger charge is -2.31. The van der Waals surface area contributed by atoms with Gasteiger partial charge in [-0.15, -0.1) is 0 Å². The van der Waals surface area contributed by atoms with Gasteiger partial charge in [-0.3, -0.25) is 4.98 Å². The van der Waals surface area contributed by atoms with Crippen LogP contribution < -0.4 is 9.46 Å². The molecule has 1 saturated heterocycles. The van der Waals surface area contributed by atoms with E-state index in [-0.39, 0.29) is 22.3 Å². The van der Waals surface area contributed by atoms with Crippen molar-refractivity contribution in [2.45, 2.75) is 36.5 Å². The molecular formula is C21H29N3O5S2. The van der Waals surface area contributed by atoms with Crippen molar-refractivity contribution >= 4 is 20.0 Å². The molecule has 0 saturated carbocycles. The highest BCUT2D eigenvalue weighted by Crippen LogP contribution is 2.24. The number of rotatable bonds is 9. The third-order valence-corrected chi connectivity index (χ3v) is 8.45. The number of hydrogen-bond donors (Lipinski definition) is 1. The van der Waals surface area contributed by atoms with Crippen LogP contribution in [-0.2, 0) is 20.0 Å². The molecular weight excluding hydrogens is 438 g/mol. The van der Waals surface area contributed by atoms with Crippen LogP contribution in [0.3, 0.4) is 0 Å². The van der Waals surface area contributed by atoms with Crippen LogP contribution in [0, 0.1) is 11.8 Å². The average molecular weight is 468 g/mol. The monoisotopic (exact) mass is 467 g/mol. The van der Waals surface area contributed by atoms with E-state index in [1.54, 1.807) is 18.2 Å². The molecule has 1 aliphatic rings. The largest absolute Gasteiger partial charge is 0.493 e. The van der Waals surface area contributed by atoms with Gasteiger partial charge in [-0.1, -0.05) is 13.8 Å². The van der Waals surface area contributed by atoms with E-state index in [1.165, 1.54) is 34.9 Å². The number of sulfonamides is 2. The summed E-state index contributed by atoms with van der Waals surface area (Å²) in [6, 6.07) is 9.48. The molecule has 2 heterocycles. The SMILES string of the molecule is CC(C)COc1ccc(S(=O)(=O)NCC2CCN(S(=O)(=O)c3cccnc3)CC2)cc1. The van der Waals surface area contributed by atoms with E-state index in [0.717, 1.165) is 0 Å². The van der Waals surface area contributed by atoms with Gasteiger partial charge in [-0.05, 0) is 61.1 Å². The van der Waals surface area contributed by atoms with Crippen LogP contribution in [0.5, 0.6) is 5.75 Å². The van der Waals surface area contributed by atoms with Crippen LogP contribution in [0.1, 0.15) is 26.7 Å². The quantitative estimate of drug-likeness (QED) is 0.607. The van der Waals surface area contributed by atoms with Crippen molar-refractivity contribution in [3.8, 4) is 5.75 Å². The van der Waals surface area contributed by atoms with Gasteiger partial charge in [-0.2, -0.15) is 4.31 Å². The van der Waals surface area contributed by atoms with Crippen molar-refractivity contribution in [3.05, 3.63) is 48.8 Å². The molecule has 0 atom stereocenters. The molecule has 0 spiro atoms. The molecule has 0 bridgehead atoms. The molecule has 3 rings (SSSR count). The van der Waals surface area contributed by atoms with Crippen LogP contribution in [0.4, 0.5) is 0 Å². The number of pyridine rings is 1. The molecule has 0 unspecified atom stereocenters. The molecule has 170 valence electrons. The van der Waals surface area contributed by atoms with Gasteiger partial charge in [0.15, 0.2) is 0 Å². The van der Waals surface area contributed by atoms with Gasteiger partial charge < -0.3 is 4.74 Å². The lowest BCUT2D eigenvalue weighted by atomic mass is 9.99. The standard InChI is InChI=1S/C21H29N3O5S2/c1-17(2)16-29-19-5-7-20(8-6-19)30(25,26)23-14-18-9-12-24(13-10-18)31(27,28)21-4-3-11-22-15-21/h3-8,11,15,17-18,23H,9-10,12-14,16H2,1-2H3. The van der Waals surface area contributed by atoms with E-state index in [2.05, 4.69) is 9.71 Å². The summed E-state index contributed by atoms with van der Waals surface area (Å²) >= 11 is 0. The third kappa shape index (κ3) is 6.25. The average Bonchev–Trinajstić information content (AvgIpc) is 2.77. The second-order valence-electron chi connectivity index (χ2n) is 8.06. The van der Waals surface area contributed by atoms with Crippen molar-refractivity contribution in [1.29, 1.82) is 0 Å². The Hall–Kier alpha value is -2.01. The fourth-order valence-corrected chi connectivity index (χ4v) is 5.84. The van der Waals surface area contributed by atoms with Crippen molar-refractivity contribution in [3.63, 3.8) is 0 Å². The van der Waals surface area contributed by atoms with Crippen molar-refractivity contribution in [2.24, 2.45) is 11.8 Å². The Morgan fingerprint density at radius 2 is 1.74 bits per heavy atom. The third-order valence-electron chi connectivity index (χ3n) is 5.13. The molecule has 2 aromatic rings. The summed E-state index contributed by atoms with van der Waals surface area (Å²) in [5, 5.41) is 0. The second-order valence-corrected chi connectivity index (χ2v) is 11.8. The summed E-state index contributed by atoms with van der Waals surface area (Å²) < 4.78 is 60.2. The van der Waals surface area contributed by atoms with E-state index in [0.29, 0.717) is 44.2 Å². The molecule has 0 amide bonds. The molecule has 1 aromatic heterocycles. The van der Waals surface area contributed by atoms with Gasteiger partial charge in [0.05, 0.1) is 11.5 Å². The summed E-state index contributed by atoms with van der Waals surface area (Å²) in [4.78, 5) is 4.24. The number of piperidine rings is 1. The van der Waals surface area contributed by atoms with Crippen LogP contribution in [-0.4, -0.2) is 52.4 Å². The van der Waals surface area contributed by atoms with Gasteiger partial charge in [0.1, 0.15) is 10.6 Å². The minimum Gasteiger partial charge on any atom is -0.493 e. The summed E-state index contributed by atoms with van der Waals surface area (Å²) in [5.41, 5.74) is 0. The Bertz CT molecular complexity index is 1050. The Morgan fingerprint density at radius 1 is 1.06 bits per heavy atom. The number of ether oxygens (including phenoxy) is 1. The topological polar surface area (TPSA) is 106 Å². The Balaban J connectivity index is 1.52. The molecule has 8 nitrogen and oxygen atoms in total. The van der Waals surface area contributed by atoms with E-state index in [9.17, 15) is 16.8 Å². The van der Waals surface area contributed by atoms with Gasteiger partial charge in [0.25, 0.3) is 0 Å². The minimum atomic E-state index is -3.64. The zero-order valence-electron chi connectivity index (χ0n) is 17.8. The lowest BCUT2D eigenvalue weighted by molar-refractivity contribution is 0.271. The van der Waals surface area contributed by atoms with Crippen molar-refractivity contribution in [2.75, 3.05) is 26.2 Å². The van der Waals surface area contributed by atoms with Crippen molar-refractivity contribution < 1.29 is 21.6 Å². The first-order chi connectivity index (χ1) is 14.7. The number of benzene rings is 1. The van der Waals surface area contributed by atoms with Crippen LogP contribution in [0.15, 0.2) is 58.6 Å². The maximum atomic E-state index is 12.7. The highest BCUT2D eigenvalue weighted by atomic mass is 32.2. The highest BCUT2D eigenvalue weighted by molar-refractivity contribution is 7.89. The van der Waals surface area contributed by atoms with Gasteiger partial charge >= 0.3 is 0 Å². The molecule has 31 heavy (non-hydrogen) atoms.